The molecule has 22 heavy (non-hydrogen) atoms. The summed E-state index contributed by atoms with van der Waals surface area (Å²) < 4.78 is 38.7. The van der Waals surface area contributed by atoms with Crippen LogP contribution in [0.2, 0.25) is 0 Å². The third-order valence-electron chi connectivity index (χ3n) is 3.77. The van der Waals surface area contributed by atoms with Gasteiger partial charge in [0.05, 0.1) is 16.6 Å². The molecule has 0 heterocycles. The van der Waals surface area contributed by atoms with Gasteiger partial charge in [-0.3, -0.25) is 10.1 Å². The second-order valence-electron chi connectivity index (χ2n) is 5.32. The minimum atomic E-state index is -4.77. The molecule has 1 fully saturated rings. The second-order valence-corrected chi connectivity index (χ2v) is 5.32. The summed E-state index contributed by atoms with van der Waals surface area (Å²) in [6.07, 6.45) is -3.14. The average molecular weight is 319 g/mol. The predicted octanol–water partition coefficient (Wildman–Crippen LogP) is 2.20. The van der Waals surface area contributed by atoms with Gasteiger partial charge in [0.25, 0.3) is 5.69 Å². The van der Waals surface area contributed by atoms with Crippen molar-refractivity contribution < 1.29 is 23.2 Å². The number of nitrogens with two attached hydrogens (primary N) is 1. The highest BCUT2D eigenvalue weighted by atomic mass is 19.4. The van der Waals surface area contributed by atoms with Gasteiger partial charge in [0, 0.05) is 18.7 Å². The van der Waals surface area contributed by atoms with Crippen molar-refractivity contribution in [3.05, 3.63) is 33.4 Å². The largest absolute Gasteiger partial charge is 0.418 e. The fraction of sp³-hybridized carbons (Fsp3) is 0.538. The molecule has 0 bridgehead atoms. The molecule has 0 aliphatic heterocycles. The van der Waals surface area contributed by atoms with Crippen molar-refractivity contribution in [3.8, 4) is 0 Å². The van der Waals surface area contributed by atoms with Crippen molar-refractivity contribution in [2.45, 2.75) is 44.1 Å². The summed E-state index contributed by atoms with van der Waals surface area (Å²) >= 11 is 0. The lowest BCUT2D eigenvalue weighted by molar-refractivity contribution is -0.384. The highest BCUT2D eigenvalue weighted by Crippen LogP contribution is 2.38. The van der Waals surface area contributed by atoms with E-state index in [-0.39, 0.29) is 18.2 Å². The SMILES string of the molecule is Nc1c([N+](=O)[O-])cc(CNC2CCCC2O)cc1C(F)(F)F. The van der Waals surface area contributed by atoms with E-state index in [0.717, 1.165) is 18.6 Å². The van der Waals surface area contributed by atoms with E-state index < -0.39 is 34.1 Å². The van der Waals surface area contributed by atoms with Gasteiger partial charge in [-0.25, -0.2) is 0 Å². The molecule has 1 aliphatic rings. The maximum absolute atomic E-state index is 12.9. The summed E-state index contributed by atoms with van der Waals surface area (Å²) in [6, 6.07) is 1.61. The van der Waals surface area contributed by atoms with Gasteiger partial charge in [-0.2, -0.15) is 13.2 Å². The predicted molar refractivity (Wildman–Crippen MR) is 73.0 cm³/mol. The fourth-order valence-corrected chi connectivity index (χ4v) is 2.61. The average Bonchev–Trinajstić information content (AvgIpc) is 2.81. The molecule has 1 saturated carbocycles. The number of nitrogens with zero attached hydrogens (tertiary/aromatic N) is 1. The normalized spacial score (nSPS) is 22.0. The number of hydrogen-bond acceptors (Lipinski definition) is 5. The molecular weight excluding hydrogens is 303 g/mol. The third-order valence-corrected chi connectivity index (χ3v) is 3.77. The van der Waals surface area contributed by atoms with E-state index in [0.29, 0.717) is 12.8 Å². The molecule has 0 radical (unpaired) electrons. The molecule has 2 atom stereocenters. The Balaban J connectivity index is 2.27. The first-order valence-electron chi connectivity index (χ1n) is 6.75. The molecule has 1 aromatic carbocycles. The maximum Gasteiger partial charge on any atom is 0.418 e. The van der Waals surface area contributed by atoms with Gasteiger partial charge in [-0.1, -0.05) is 0 Å². The highest BCUT2D eigenvalue weighted by molar-refractivity contribution is 5.65. The summed E-state index contributed by atoms with van der Waals surface area (Å²) in [5.74, 6) is 0. The van der Waals surface area contributed by atoms with Gasteiger partial charge in [0.1, 0.15) is 5.69 Å². The van der Waals surface area contributed by atoms with Crippen molar-refractivity contribution in [1.29, 1.82) is 0 Å². The molecule has 1 aliphatic carbocycles. The zero-order valence-corrected chi connectivity index (χ0v) is 11.6. The van der Waals surface area contributed by atoms with Crippen molar-refractivity contribution in [3.63, 3.8) is 0 Å². The third kappa shape index (κ3) is 3.47. The molecule has 4 N–H and O–H groups in total. The lowest BCUT2D eigenvalue weighted by Crippen LogP contribution is -2.35. The van der Waals surface area contributed by atoms with Gasteiger partial charge in [-0.05, 0) is 30.9 Å². The smallest absolute Gasteiger partial charge is 0.393 e. The minimum absolute atomic E-state index is 0.00801. The van der Waals surface area contributed by atoms with E-state index in [1.165, 1.54) is 0 Å². The van der Waals surface area contributed by atoms with E-state index in [1.807, 2.05) is 0 Å². The van der Waals surface area contributed by atoms with Crippen molar-refractivity contribution in [2.75, 3.05) is 5.73 Å². The van der Waals surface area contributed by atoms with Crippen LogP contribution in [-0.2, 0) is 12.7 Å². The Bertz CT molecular complexity index is 578. The maximum atomic E-state index is 12.9. The number of nitro groups is 1. The van der Waals surface area contributed by atoms with Gasteiger partial charge in [0.2, 0.25) is 0 Å². The second kappa shape index (κ2) is 6.09. The van der Waals surface area contributed by atoms with Crippen LogP contribution in [-0.4, -0.2) is 22.2 Å². The molecule has 0 aromatic heterocycles. The number of benzene rings is 1. The van der Waals surface area contributed by atoms with Gasteiger partial charge in [-0.15, -0.1) is 0 Å². The highest BCUT2D eigenvalue weighted by Gasteiger charge is 2.36. The Labute approximate surface area is 124 Å². The molecule has 0 saturated heterocycles. The monoisotopic (exact) mass is 319 g/mol. The van der Waals surface area contributed by atoms with Crippen LogP contribution in [0.4, 0.5) is 24.5 Å². The van der Waals surface area contributed by atoms with Gasteiger partial charge >= 0.3 is 6.18 Å². The summed E-state index contributed by atoms with van der Waals surface area (Å²) in [6.45, 7) is -0.00801. The molecule has 122 valence electrons. The molecular formula is C13H16F3N3O3. The Morgan fingerprint density at radius 3 is 2.59 bits per heavy atom. The van der Waals surface area contributed by atoms with E-state index in [2.05, 4.69) is 5.32 Å². The lowest BCUT2D eigenvalue weighted by Gasteiger charge is -2.17. The number of anilines is 1. The summed E-state index contributed by atoms with van der Waals surface area (Å²) in [7, 11) is 0. The van der Waals surface area contributed by atoms with Crippen LogP contribution in [0.15, 0.2) is 12.1 Å². The number of aliphatic hydroxyl groups is 1. The summed E-state index contributed by atoms with van der Waals surface area (Å²) in [4.78, 5) is 9.93. The number of aliphatic hydroxyl groups excluding tert-OH is 1. The number of nitrogens with one attached hydrogen (secondary N) is 1. The van der Waals surface area contributed by atoms with Crippen molar-refractivity contribution in [1.82, 2.24) is 5.32 Å². The Morgan fingerprint density at radius 2 is 2.09 bits per heavy atom. The van der Waals surface area contributed by atoms with Gasteiger partial charge in [0.15, 0.2) is 0 Å². The Hall–Kier alpha value is -1.87. The van der Waals surface area contributed by atoms with Crippen LogP contribution in [0.25, 0.3) is 0 Å². The van der Waals surface area contributed by atoms with E-state index in [4.69, 9.17) is 5.73 Å². The number of alkyl halides is 3. The van der Waals surface area contributed by atoms with Crippen LogP contribution in [0.5, 0.6) is 0 Å². The molecule has 0 amide bonds. The number of nitro benzene ring substituents is 1. The summed E-state index contributed by atoms with van der Waals surface area (Å²) in [5.41, 5.74) is 2.49. The summed E-state index contributed by atoms with van der Waals surface area (Å²) in [5, 5.41) is 23.5. The standard InChI is InChI=1S/C13H16F3N3O3/c14-13(15,16)8-4-7(5-10(12(8)17)19(21)22)6-18-9-2-1-3-11(9)20/h4-5,9,11,18,20H,1-3,6,17H2. The number of nitrogen functional groups attached to an aromatic ring is 1. The minimum Gasteiger partial charge on any atom is -0.393 e. The molecule has 1 aromatic rings. The number of rotatable bonds is 4. The molecule has 2 rings (SSSR count). The first-order chi connectivity index (χ1) is 10.2. The lowest BCUT2D eigenvalue weighted by atomic mass is 10.1. The quantitative estimate of drug-likeness (QED) is 0.449. The molecule has 9 heteroatoms. The Kier molecular flexibility index (Phi) is 4.57. The zero-order chi connectivity index (χ0) is 16.5. The van der Waals surface area contributed by atoms with Crippen molar-refractivity contribution >= 4 is 11.4 Å². The first kappa shape index (κ1) is 16.5. The fourth-order valence-electron chi connectivity index (χ4n) is 2.61. The topological polar surface area (TPSA) is 101 Å². The number of halogens is 3. The van der Waals surface area contributed by atoms with Gasteiger partial charge < -0.3 is 16.2 Å². The molecule has 0 spiro atoms. The zero-order valence-electron chi connectivity index (χ0n) is 11.6. The first-order valence-corrected chi connectivity index (χ1v) is 6.75. The van der Waals surface area contributed by atoms with Crippen molar-refractivity contribution in [2.24, 2.45) is 0 Å². The van der Waals surface area contributed by atoms with Crippen LogP contribution < -0.4 is 11.1 Å². The van der Waals surface area contributed by atoms with Crippen LogP contribution >= 0.6 is 0 Å². The van der Waals surface area contributed by atoms with E-state index in [1.54, 1.807) is 0 Å². The molecule has 2 unspecified atom stereocenters. The van der Waals surface area contributed by atoms with Crippen LogP contribution in [0.3, 0.4) is 0 Å². The molecule has 6 nitrogen and oxygen atoms in total. The van der Waals surface area contributed by atoms with Crippen LogP contribution in [0.1, 0.15) is 30.4 Å². The van der Waals surface area contributed by atoms with Crippen LogP contribution in [0, 0.1) is 10.1 Å². The Morgan fingerprint density at radius 1 is 1.41 bits per heavy atom. The van der Waals surface area contributed by atoms with E-state index in [9.17, 15) is 28.4 Å². The van der Waals surface area contributed by atoms with E-state index >= 15 is 0 Å². The number of hydrogen-bond donors (Lipinski definition) is 3.